The molecule has 36 heavy (non-hydrogen) atoms. The van der Waals surface area contributed by atoms with E-state index in [9.17, 15) is 14.0 Å². The molecule has 0 unspecified atom stereocenters. The predicted octanol–water partition coefficient (Wildman–Crippen LogP) is 7.08. The molecule has 4 rings (SSSR count). The molecule has 1 N–H and O–H groups in total. The van der Waals surface area contributed by atoms with Crippen molar-refractivity contribution in [3.05, 3.63) is 88.2 Å². The van der Waals surface area contributed by atoms with Crippen LogP contribution in [-0.2, 0) is 4.79 Å². The molecule has 6 heteroatoms. The zero-order chi connectivity index (χ0) is 26.4. The smallest absolute Gasteiger partial charge is 0.256 e. The third-order valence-electron chi connectivity index (χ3n) is 5.96. The number of fused-ring (bicyclic) bond motifs is 1. The highest BCUT2D eigenvalue weighted by atomic mass is 19.1. The normalized spacial score (nSPS) is 13.2. The minimum atomic E-state index is -0.358. The number of carbonyl (C=O) groups excluding carboxylic acids is 2. The van der Waals surface area contributed by atoms with Gasteiger partial charge in [0, 0.05) is 22.4 Å². The topological polar surface area (TPSA) is 64.6 Å². The van der Waals surface area contributed by atoms with Crippen LogP contribution >= 0.6 is 0 Å². The van der Waals surface area contributed by atoms with Gasteiger partial charge in [-0.15, -0.1) is 0 Å². The molecule has 0 atom stereocenters. The first-order valence-electron chi connectivity index (χ1n) is 11.8. The summed E-state index contributed by atoms with van der Waals surface area (Å²) < 4.78 is 24.1. The van der Waals surface area contributed by atoms with Crippen molar-refractivity contribution in [1.82, 2.24) is 0 Å². The zero-order valence-corrected chi connectivity index (χ0v) is 21.5. The maximum absolute atomic E-state index is 13.5. The Morgan fingerprint density at radius 3 is 1.89 bits per heavy atom. The predicted molar refractivity (Wildman–Crippen MR) is 142 cm³/mol. The van der Waals surface area contributed by atoms with Gasteiger partial charge >= 0.3 is 0 Å². The average Bonchev–Trinajstić information content (AvgIpc) is 3.17. The summed E-state index contributed by atoms with van der Waals surface area (Å²) in [5, 5.41) is 2.76. The number of anilines is 1. The van der Waals surface area contributed by atoms with Crippen LogP contribution in [0.15, 0.2) is 54.6 Å². The van der Waals surface area contributed by atoms with E-state index in [4.69, 9.17) is 9.47 Å². The Kier molecular flexibility index (Phi) is 8.64. The van der Waals surface area contributed by atoms with E-state index < -0.39 is 0 Å². The second-order valence-corrected chi connectivity index (χ2v) is 9.13. The summed E-state index contributed by atoms with van der Waals surface area (Å²) in [7, 11) is 3.28. The largest absolute Gasteiger partial charge is 0.496 e. The molecule has 188 valence electrons. The van der Waals surface area contributed by atoms with Crippen LogP contribution in [-0.4, -0.2) is 26.4 Å². The Bertz CT molecular complexity index is 1290. The molecule has 0 saturated heterocycles. The molecule has 1 heterocycles. The van der Waals surface area contributed by atoms with Gasteiger partial charge in [-0.25, -0.2) is 4.39 Å². The summed E-state index contributed by atoms with van der Waals surface area (Å²) in [4.78, 5) is 22.7. The number of halogens is 1. The van der Waals surface area contributed by atoms with Crippen molar-refractivity contribution in [2.75, 3.05) is 19.5 Å². The van der Waals surface area contributed by atoms with Crippen LogP contribution < -0.4 is 14.8 Å². The van der Waals surface area contributed by atoms with Gasteiger partial charge in [-0.2, -0.15) is 0 Å². The maximum atomic E-state index is 13.5. The van der Waals surface area contributed by atoms with Gasteiger partial charge in [-0.05, 0) is 83.1 Å². The van der Waals surface area contributed by atoms with Crippen molar-refractivity contribution in [3.63, 3.8) is 0 Å². The van der Waals surface area contributed by atoms with Gasteiger partial charge in [0.15, 0.2) is 0 Å². The average molecular weight is 490 g/mol. The van der Waals surface area contributed by atoms with Gasteiger partial charge in [0.25, 0.3) is 5.91 Å². The molecule has 1 aliphatic rings. The lowest BCUT2D eigenvalue weighted by Crippen LogP contribution is -2.03. The molecule has 3 aromatic rings. The molecule has 3 aromatic carbocycles. The molecule has 1 aliphatic heterocycles. The van der Waals surface area contributed by atoms with E-state index in [2.05, 4.69) is 33.0 Å². The van der Waals surface area contributed by atoms with E-state index in [1.807, 2.05) is 30.3 Å². The van der Waals surface area contributed by atoms with Gasteiger partial charge in [-0.3, -0.25) is 9.59 Å². The van der Waals surface area contributed by atoms with Crippen LogP contribution in [0.3, 0.4) is 0 Å². The van der Waals surface area contributed by atoms with Crippen LogP contribution in [0.1, 0.15) is 72.1 Å². The Morgan fingerprint density at radius 2 is 1.36 bits per heavy atom. The summed E-state index contributed by atoms with van der Waals surface area (Å²) in [5.41, 5.74) is 5.43. The molecular formula is C30H32FNO4. The molecule has 0 aliphatic carbocycles. The number of methoxy groups -OCH3 is 2. The third-order valence-corrected chi connectivity index (χ3v) is 5.96. The number of aldehydes is 1. The summed E-state index contributed by atoms with van der Waals surface area (Å²) in [6.07, 6.45) is 2.64. The van der Waals surface area contributed by atoms with E-state index >= 15 is 0 Å². The number of nitrogens with one attached hydrogen (secondary N) is 1. The summed E-state index contributed by atoms with van der Waals surface area (Å²) in [5.74, 6) is 1.77. The van der Waals surface area contributed by atoms with Gasteiger partial charge in [-0.1, -0.05) is 33.8 Å². The van der Waals surface area contributed by atoms with Gasteiger partial charge in [0.2, 0.25) is 0 Å². The van der Waals surface area contributed by atoms with Crippen molar-refractivity contribution >= 4 is 29.5 Å². The number of carbonyl (C=O) groups is 2. The molecule has 0 saturated carbocycles. The fourth-order valence-corrected chi connectivity index (χ4v) is 4.04. The zero-order valence-electron chi connectivity index (χ0n) is 21.5. The molecule has 0 spiro atoms. The fourth-order valence-electron chi connectivity index (χ4n) is 4.04. The minimum absolute atomic E-state index is 0.215. The van der Waals surface area contributed by atoms with Crippen LogP contribution in [0.4, 0.5) is 10.1 Å². The van der Waals surface area contributed by atoms with Crippen LogP contribution in [0.2, 0.25) is 0 Å². The van der Waals surface area contributed by atoms with E-state index in [-0.39, 0.29) is 11.7 Å². The number of rotatable bonds is 6. The van der Waals surface area contributed by atoms with Crippen LogP contribution in [0, 0.1) is 5.82 Å². The van der Waals surface area contributed by atoms with Crippen LogP contribution in [0.25, 0.3) is 11.6 Å². The molecular weight excluding hydrogens is 457 g/mol. The third kappa shape index (κ3) is 6.00. The van der Waals surface area contributed by atoms with E-state index in [1.54, 1.807) is 32.4 Å². The Labute approximate surface area is 212 Å². The van der Waals surface area contributed by atoms with Gasteiger partial charge in [0.1, 0.15) is 23.6 Å². The number of hydrogen-bond acceptors (Lipinski definition) is 4. The summed E-state index contributed by atoms with van der Waals surface area (Å²) in [6.45, 7) is 8.32. The lowest BCUT2D eigenvalue weighted by Gasteiger charge is -2.12. The first kappa shape index (κ1) is 26.7. The quantitative estimate of drug-likeness (QED) is 0.297. The number of ether oxygens (including phenoxy) is 2. The molecule has 5 nitrogen and oxygen atoms in total. The number of hydrogen-bond donors (Lipinski definition) is 1. The van der Waals surface area contributed by atoms with Crippen molar-refractivity contribution in [2.24, 2.45) is 0 Å². The van der Waals surface area contributed by atoms with E-state index in [0.717, 1.165) is 34.5 Å². The first-order valence-corrected chi connectivity index (χ1v) is 11.8. The highest BCUT2D eigenvalue weighted by molar-refractivity contribution is 6.34. The lowest BCUT2D eigenvalue weighted by molar-refractivity contribution is -0.110. The van der Waals surface area contributed by atoms with Crippen molar-refractivity contribution in [2.45, 2.75) is 39.5 Å². The Balaban J connectivity index is 0.000000236. The monoisotopic (exact) mass is 489 g/mol. The Morgan fingerprint density at radius 1 is 0.806 bits per heavy atom. The molecule has 1 amide bonds. The second kappa shape index (κ2) is 11.7. The maximum Gasteiger partial charge on any atom is 0.256 e. The standard InChI is InChI=1S/C19H18FNO2.C11H14O2/c1-11(2)14-8-12(4-7-18(14)23-3)9-16-15-10-13(20)5-6-17(15)21-19(16)22;1-8(2)10-6-9(7-12)4-5-11(10)13-3/h4-11H,1-3H3,(H,21,22);4-8H,1-3H3/b16-9+;. The van der Waals surface area contributed by atoms with Crippen molar-refractivity contribution in [1.29, 1.82) is 0 Å². The second-order valence-electron chi connectivity index (χ2n) is 9.13. The molecule has 0 radical (unpaired) electrons. The van der Waals surface area contributed by atoms with Crippen molar-refractivity contribution in [3.8, 4) is 11.5 Å². The van der Waals surface area contributed by atoms with Gasteiger partial charge < -0.3 is 14.8 Å². The fraction of sp³-hybridized carbons (Fsp3) is 0.267. The SMILES string of the molecule is COc1ccc(/C=C2/C(=O)Nc3ccc(F)cc32)cc1C(C)C.COc1ccc(C=O)cc1C(C)C. The number of benzene rings is 3. The van der Waals surface area contributed by atoms with E-state index in [0.29, 0.717) is 34.2 Å². The van der Waals surface area contributed by atoms with E-state index in [1.165, 1.54) is 12.1 Å². The highest BCUT2D eigenvalue weighted by Gasteiger charge is 2.24. The summed E-state index contributed by atoms with van der Waals surface area (Å²) >= 11 is 0. The highest BCUT2D eigenvalue weighted by Crippen LogP contribution is 2.35. The first-order chi connectivity index (χ1) is 17.2. The molecule has 0 bridgehead atoms. The Hall–Kier alpha value is -3.93. The minimum Gasteiger partial charge on any atom is -0.496 e. The van der Waals surface area contributed by atoms with Gasteiger partial charge in [0.05, 0.1) is 14.2 Å². The summed E-state index contributed by atoms with van der Waals surface area (Å²) in [6, 6.07) is 15.5. The molecule has 0 fully saturated rings. The van der Waals surface area contributed by atoms with Crippen molar-refractivity contribution < 1.29 is 23.5 Å². The van der Waals surface area contributed by atoms with Crippen LogP contribution in [0.5, 0.6) is 11.5 Å². The number of amides is 1. The molecule has 0 aromatic heterocycles. The lowest BCUT2D eigenvalue weighted by atomic mass is 9.97.